The number of nitrogens with zero attached hydrogens (tertiary/aromatic N) is 3. The number of likely N-dealkylation sites (tertiary alicyclic amines) is 1. The molecule has 0 bridgehead atoms. The zero-order chi connectivity index (χ0) is 14.8. The lowest BCUT2D eigenvalue weighted by Crippen LogP contribution is -2.30. The molecule has 0 N–H and O–H groups in total. The van der Waals surface area contributed by atoms with Crippen molar-refractivity contribution >= 4 is 5.91 Å². The molecule has 0 saturated carbocycles. The van der Waals surface area contributed by atoms with E-state index in [0.29, 0.717) is 24.4 Å². The highest BCUT2D eigenvalue weighted by atomic mass is 19.1. The molecule has 0 unspecified atom stereocenters. The molecule has 1 fully saturated rings. The third-order valence-electron chi connectivity index (χ3n) is 3.50. The second-order valence-corrected chi connectivity index (χ2v) is 5.14. The molecular formula is C15H16FN3O2. The van der Waals surface area contributed by atoms with Gasteiger partial charge in [0.15, 0.2) is 0 Å². The van der Waals surface area contributed by atoms with Crippen molar-refractivity contribution < 1.29 is 13.9 Å². The number of hydrogen-bond acceptors (Lipinski definition) is 3. The lowest BCUT2D eigenvalue weighted by molar-refractivity contribution is 0.0772. The van der Waals surface area contributed by atoms with Crippen LogP contribution in [0.3, 0.4) is 0 Å². The summed E-state index contributed by atoms with van der Waals surface area (Å²) in [5.74, 6) is 0.299. The Balaban J connectivity index is 1.60. The van der Waals surface area contributed by atoms with Gasteiger partial charge in [0.25, 0.3) is 5.91 Å². The summed E-state index contributed by atoms with van der Waals surface area (Å²) in [5, 5.41) is 4.01. The van der Waals surface area contributed by atoms with Crippen LogP contribution in [-0.4, -0.2) is 39.8 Å². The molecule has 0 aliphatic carbocycles. The molecule has 1 aliphatic rings. The Morgan fingerprint density at radius 1 is 1.38 bits per heavy atom. The molecule has 110 valence electrons. The van der Waals surface area contributed by atoms with E-state index < -0.39 is 0 Å². The summed E-state index contributed by atoms with van der Waals surface area (Å²) in [7, 11) is 1.78. The second kappa shape index (κ2) is 5.55. The van der Waals surface area contributed by atoms with Gasteiger partial charge in [0.1, 0.15) is 17.7 Å². The van der Waals surface area contributed by atoms with Crippen LogP contribution < -0.4 is 4.74 Å². The van der Waals surface area contributed by atoms with Gasteiger partial charge in [-0.25, -0.2) is 4.39 Å². The van der Waals surface area contributed by atoms with Crippen molar-refractivity contribution in [3.05, 3.63) is 48.0 Å². The molecule has 0 radical (unpaired) electrons. The van der Waals surface area contributed by atoms with E-state index in [-0.39, 0.29) is 17.8 Å². The van der Waals surface area contributed by atoms with Gasteiger partial charge in [0, 0.05) is 26.2 Å². The van der Waals surface area contributed by atoms with E-state index in [2.05, 4.69) is 5.10 Å². The average Bonchev–Trinajstić information content (AvgIpc) is 3.10. The number of benzene rings is 1. The number of rotatable bonds is 3. The molecule has 1 saturated heterocycles. The van der Waals surface area contributed by atoms with Gasteiger partial charge >= 0.3 is 0 Å². The molecule has 2 heterocycles. The standard InChI is InChI=1S/C15H16FN3O2/c1-18-9-11(8-17-18)15(20)19-7-6-14(10-19)21-13-4-2-12(16)3-5-13/h2-5,8-9,14H,6-7,10H2,1H3/t14-/m1/s1. The van der Waals surface area contributed by atoms with E-state index in [4.69, 9.17) is 4.74 Å². The summed E-state index contributed by atoms with van der Waals surface area (Å²) in [6.45, 7) is 1.19. The van der Waals surface area contributed by atoms with Gasteiger partial charge < -0.3 is 9.64 Å². The Morgan fingerprint density at radius 2 is 2.14 bits per heavy atom. The summed E-state index contributed by atoms with van der Waals surface area (Å²) in [6.07, 6.45) is 3.98. The van der Waals surface area contributed by atoms with Gasteiger partial charge in [0.05, 0.1) is 18.3 Å². The normalized spacial score (nSPS) is 18.0. The number of carbonyl (C=O) groups is 1. The van der Waals surface area contributed by atoms with Crippen LogP contribution in [0.2, 0.25) is 0 Å². The molecule has 1 atom stereocenters. The summed E-state index contributed by atoms with van der Waals surface area (Å²) in [4.78, 5) is 14.0. The van der Waals surface area contributed by atoms with Crippen LogP contribution in [-0.2, 0) is 7.05 Å². The molecule has 21 heavy (non-hydrogen) atoms. The Labute approximate surface area is 121 Å². The molecule has 5 nitrogen and oxygen atoms in total. The van der Waals surface area contributed by atoms with E-state index in [1.54, 1.807) is 41.2 Å². The van der Waals surface area contributed by atoms with Crippen LogP contribution in [0.1, 0.15) is 16.8 Å². The number of halogens is 1. The predicted octanol–water partition coefficient (Wildman–Crippen LogP) is 1.85. The first kappa shape index (κ1) is 13.6. The van der Waals surface area contributed by atoms with Gasteiger partial charge in [-0.05, 0) is 24.3 Å². The Morgan fingerprint density at radius 3 is 2.81 bits per heavy atom. The maximum atomic E-state index is 12.8. The van der Waals surface area contributed by atoms with Crippen LogP contribution >= 0.6 is 0 Å². The number of carbonyl (C=O) groups excluding carboxylic acids is 1. The maximum absolute atomic E-state index is 12.8. The third kappa shape index (κ3) is 3.04. The van der Waals surface area contributed by atoms with Crippen molar-refractivity contribution in [1.82, 2.24) is 14.7 Å². The van der Waals surface area contributed by atoms with Crippen molar-refractivity contribution in [2.75, 3.05) is 13.1 Å². The van der Waals surface area contributed by atoms with Gasteiger partial charge in [0.2, 0.25) is 0 Å². The van der Waals surface area contributed by atoms with E-state index in [9.17, 15) is 9.18 Å². The minimum atomic E-state index is -0.290. The minimum Gasteiger partial charge on any atom is -0.489 e. The SMILES string of the molecule is Cn1cc(C(=O)N2CC[C@@H](Oc3ccc(F)cc3)C2)cn1. The fraction of sp³-hybridized carbons (Fsp3) is 0.333. The molecule has 1 aromatic carbocycles. The Bertz CT molecular complexity index is 639. The van der Waals surface area contributed by atoms with Crippen molar-refractivity contribution in [2.45, 2.75) is 12.5 Å². The van der Waals surface area contributed by atoms with E-state index in [0.717, 1.165) is 6.42 Å². The zero-order valence-corrected chi connectivity index (χ0v) is 11.7. The fourth-order valence-electron chi connectivity index (χ4n) is 2.43. The molecule has 1 amide bonds. The summed E-state index contributed by atoms with van der Waals surface area (Å²) < 4.78 is 20.2. The van der Waals surface area contributed by atoms with Gasteiger partial charge in [-0.3, -0.25) is 9.48 Å². The molecule has 3 rings (SSSR count). The molecular weight excluding hydrogens is 273 g/mol. The van der Waals surface area contributed by atoms with Crippen LogP contribution in [0.5, 0.6) is 5.75 Å². The second-order valence-electron chi connectivity index (χ2n) is 5.14. The Hall–Kier alpha value is -2.37. The lowest BCUT2D eigenvalue weighted by atomic mass is 10.3. The van der Waals surface area contributed by atoms with Gasteiger partial charge in [-0.1, -0.05) is 0 Å². The molecule has 6 heteroatoms. The maximum Gasteiger partial charge on any atom is 0.257 e. The minimum absolute atomic E-state index is 0.0340. The highest BCUT2D eigenvalue weighted by molar-refractivity contribution is 5.93. The zero-order valence-electron chi connectivity index (χ0n) is 11.7. The quantitative estimate of drug-likeness (QED) is 0.866. The van der Waals surface area contributed by atoms with E-state index in [1.807, 2.05) is 0 Å². The average molecular weight is 289 g/mol. The molecule has 2 aromatic rings. The first-order valence-electron chi connectivity index (χ1n) is 6.82. The largest absolute Gasteiger partial charge is 0.489 e. The van der Waals surface area contributed by atoms with Crippen molar-refractivity contribution in [2.24, 2.45) is 7.05 Å². The van der Waals surface area contributed by atoms with Gasteiger partial charge in [-0.15, -0.1) is 0 Å². The Kier molecular flexibility index (Phi) is 3.60. The van der Waals surface area contributed by atoms with Crippen molar-refractivity contribution in [3.63, 3.8) is 0 Å². The number of ether oxygens (including phenoxy) is 1. The smallest absolute Gasteiger partial charge is 0.257 e. The number of aromatic nitrogens is 2. The van der Waals surface area contributed by atoms with E-state index in [1.165, 1.54) is 12.1 Å². The fourth-order valence-corrected chi connectivity index (χ4v) is 2.43. The van der Waals surface area contributed by atoms with Crippen LogP contribution in [0.25, 0.3) is 0 Å². The first-order valence-corrected chi connectivity index (χ1v) is 6.82. The third-order valence-corrected chi connectivity index (χ3v) is 3.50. The van der Waals surface area contributed by atoms with Gasteiger partial charge in [-0.2, -0.15) is 5.10 Å². The van der Waals surface area contributed by atoms with Crippen LogP contribution in [0, 0.1) is 5.82 Å². The first-order chi connectivity index (χ1) is 10.1. The molecule has 0 spiro atoms. The van der Waals surface area contributed by atoms with Crippen molar-refractivity contribution in [1.29, 1.82) is 0 Å². The molecule has 1 aromatic heterocycles. The number of hydrogen-bond donors (Lipinski definition) is 0. The van der Waals surface area contributed by atoms with Crippen LogP contribution in [0.4, 0.5) is 4.39 Å². The summed E-state index contributed by atoms with van der Waals surface area (Å²) >= 11 is 0. The highest BCUT2D eigenvalue weighted by Gasteiger charge is 2.28. The number of aryl methyl sites for hydroxylation is 1. The monoisotopic (exact) mass is 289 g/mol. The van der Waals surface area contributed by atoms with Crippen LogP contribution in [0.15, 0.2) is 36.7 Å². The highest BCUT2D eigenvalue weighted by Crippen LogP contribution is 2.20. The number of amides is 1. The summed E-state index contributed by atoms with van der Waals surface area (Å²) in [6, 6.07) is 5.92. The lowest BCUT2D eigenvalue weighted by Gasteiger charge is -2.16. The predicted molar refractivity (Wildman–Crippen MR) is 74.5 cm³/mol. The van der Waals surface area contributed by atoms with E-state index >= 15 is 0 Å². The summed E-state index contributed by atoms with van der Waals surface area (Å²) in [5.41, 5.74) is 0.583. The topological polar surface area (TPSA) is 47.4 Å². The van der Waals surface area contributed by atoms with Crippen molar-refractivity contribution in [3.8, 4) is 5.75 Å². The molecule has 1 aliphatic heterocycles.